The molecule has 22 heavy (non-hydrogen) atoms. The zero-order valence-electron chi connectivity index (χ0n) is 11.8. The van der Waals surface area contributed by atoms with E-state index < -0.39 is 0 Å². The molecule has 1 aliphatic heterocycles. The van der Waals surface area contributed by atoms with E-state index in [4.69, 9.17) is 0 Å². The van der Waals surface area contributed by atoms with Crippen LogP contribution < -0.4 is 10.5 Å². The van der Waals surface area contributed by atoms with Gasteiger partial charge in [0.2, 0.25) is 0 Å². The number of pyridine rings is 1. The van der Waals surface area contributed by atoms with E-state index in [2.05, 4.69) is 25.0 Å². The number of anilines is 1. The van der Waals surface area contributed by atoms with Crippen molar-refractivity contribution in [3.8, 4) is 0 Å². The monoisotopic (exact) mass is 294 g/mol. The molecule has 0 aliphatic carbocycles. The lowest BCUT2D eigenvalue weighted by atomic mass is 10.00. The fraction of sp³-hybridized carbons (Fsp3) is 0.267. The molecule has 1 aliphatic rings. The van der Waals surface area contributed by atoms with Crippen molar-refractivity contribution >= 4 is 16.7 Å². The van der Waals surface area contributed by atoms with Crippen LogP contribution in [0.5, 0.6) is 0 Å². The van der Waals surface area contributed by atoms with Gasteiger partial charge in [-0.05, 0) is 12.1 Å². The minimum Gasteiger partial charge on any atom is -0.355 e. The van der Waals surface area contributed by atoms with Crippen LogP contribution in [0, 0.1) is 5.92 Å². The van der Waals surface area contributed by atoms with Gasteiger partial charge in [-0.15, -0.1) is 0 Å². The Kier molecular flexibility index (Phi) is 3.03. The molecule has 4 heterocycles. The van der Waals surface area contributed by atoms with Crippen molar-refractivity contribution < 1.29 is 0 Å². The van der Waals surface area contributed by atoms with Gasteiger partial charge in [0.05, 0.1) is 18.3 Å². The van der Waals surface area contributed by atoms with Crippen molar-refractivity contribution in [1.29, 1.82) is 0 Å². The van der Waals surface area contributed by atoms with Crippen molar-refractivity contribution in [1.82, 2.24) is 24.7 Å². The van der Waals surface area contributed by atoms with Gasteiger partial charge in [0, 0.05) is 42.9 Å². The molecular weight excluding hydrogens is 280 g/mol. The van der Waals surface area contributed by atoms with E-state index >= 15 is 0 Å². The van der Waals surface area contributed by atoms with Crippen molar-refractivity contribution in [2.75, 3.05) is 18.0 Å². The van der Waals surface area contributed by atoms with E-state index in [1.54, 1.807) is 31.0 Å². The minimum absolute atomic E-state index is 0.0560. The Morgan fingerprint density at radius 2 is 2.09 bits per heavy atom. The van der Waals surface area contributed by atoms with Gasteiger partial charge in [-0.25, -0.2) is 14.6 Å². The van der Waals surface area contributed by atoms with Crippen molar-refractivity contribution in [2.45, 2.75) is 6.54 Å². The maximum absolute atomic E-state index is 11.7. The van der Waals surface area contributed by atoms with Crippen molar-refractivity contribution in [3.63, 3.8) is 0 Å². The van der Waals surface area contributed by atoms with Crippen LogP contribution in [0.25, 0.3) is 10.9 Å². The standard InChI is InChI=1S/C15H14N6O/c22-14-2-1-4-19-21(14)9-11-7-20(8-11)15-12-3-5-16-6-13(12)17-10-18-15/h1-6,10-11H,7-9H2. The van der Waals surface area contributed by atoms with Crippen LogP contribution in [-0.2, 0) is 6.54 Å². The summed E-state index contributed by atoms with van der Waals surface area (Å²) in [6.07, 6.45) is 6.70. The Labute approximate surface area is 126 Å². The summed E-state index contributed by atoms with van der Waals surface area (Å²) in [5, 5.41) is 5.11. The van der Waals surface area contributed by atoms with Crippen LogP contribution in [0.1, 0.15) is 0 Å². The normalized spacial score (nSPS) is 15.0. The molecule has 7 nitrogen and oxygen atoms in total. The smallest absolute Gasteiger partial charge is 0.266 e. The molecule has 7 heteroatoms. The number of rotatable bonds is 3. The molecule has 110 valence electrons. The van der Waals surface area contributed by atoms with Gasteiger partial charge < -0.3 is 4.90 Å². The molecule has 0 aromatic carbocycles. The van der Waals surface area contributed by atoms with E-state index in [1.807, 2.05) is 6.07 Å². The quantitative estimate of drug-likeness (QED) is 0.708. The number of aromatic nitrogens is 5. The topological polar surface area (TPSA) is 76.8 Å². The fourth-order valence-corrected chi connectivity index (χ4v) is 2.77. The third-order valence-electron chi connectivity index (χ3n) is 3.89. The van der Waals surface area contributed by atoms with Gasteiger partial charge >= 0.3 is 0 Å². The van der Waals surface area contributed by atoms with E-state index in [1.165, 1.54) is 10.7 Å². The molecule has 0 N–H and O–H groups in total. The Morgan fingerprint density at radius 1 is 1.18 bits per heavy atom. The fourth-order valence-electron chi connectivity index (χ4n) is 2.77. The average Bonchev–Trinajstić information content (AvgIpc) is 2.52. The van der Waals surface area contributed by atoms with Crippen molar-refractivity contribution in [3.05, 3.63) is 53.5 Å². The van der Waals surface area contributed by atoms with Crippen LogP contribution in [0.4, 0.5) is 5.82 Å². The van der Waals surface area contributed by atoms with E-state index in [0.29, 0.717) is 12.5 Å². The van der Waals surface area contributed by atoms with Crippen LogP contribution in [0.3, 0.4) is 0 Å². The maximum Gasteiger partial charge on any atom is 0.266 e. The molecule has 0 unspecified atom stereocenters. The second-order valence-electron chi connectivity index (χ2n) is 5.41. The Morgan fingerprint density at radius 3 is 2.95 bits per heavy atom. The lowest BCUT2D eigenvalue weighted by Crippen LogP contribution is -2.50. The van der Waals surface area contributed by atoms with Crippen molar-refractivity contribution in [2.24, 2.45) is 5.92 Å². The van der Waals surface area contributed by atoms with Gasteiger partial charge in [-0.2, -0.15) is 5.10 Å². The summed E-state index contributed by atoms with van der Waals surface area (Å²) in [5.74, 6) is 1.33. The zero-order chi connectivity index (χ0) is 14.9. The number of hydrogen-bond acceptors (Lipinski definition) is 6. The Hall–Kier alpha value is -2.83. The number of hydrogen-bond donors (Lipinski definition) is 0. The highest BCUT2D eigenvalue weighted by atomic mass is 16.1. The maximum atomic E-state index is 11.7. The first-order valence-electron chi connectivity index (χ1n) is 7.13. The summed E-state index contributed by atoms with van der Waals surface area (Å²) in [6, 6.07) is 5.13. The van der Waals surface area contributed by atoms with E-state index in [-0.39, 0.29) is 5.56 Å². The summed E-state index contributed by atoms with van der Waals surface area (Å²) in [5.41, 5.74) is 0.788. The molecule has 3 aromatic heterocycles. The lowest BCUT2D eigenvalue weighted by Gasteiger charge is -2.40. The Balaban J connectivity index is 1.51. The first-order chi connectivity index (χ1) is 10.8. The van der Waals surface area contributed by atoms with Gasteiger partial charge in [-0.1, -0.05) is 0 Å². The molecule has 0 atom stereocenters. The summed E-state index contributed by atoms with van der Waals surface area (Å²) >= 11 is 0. The van der Waals surface area contributed by atoms with Gasteiger partial charge in [0.1, 0.15) is 12.1 Å². The molecule has 0 radical (unpaired) electrons. The van der Waals surface area contributed by atoms with Crippen LogP contribution >= 0.6 is 0 Å². The molecule has 0 spiro atoms. The number of fused-ring (bicyclic) bond motifs is 1. The summed E-state index contributed by atoms with van der Waals surface area (Å²) in [6.45, 7) is 2.36. The highest BCUT2D eigenvalue weighted by Crippen LogP contribution is 2.28. The summed E-state index contributed by atoms with van der Waals surface area (Å²) in [4.78, 5) is 26.6. The van der Waals surface area contributed by atoms with E-state index in [0.717, 1.165) is 29.8 Å². The predicted octanol–water partition coefficient (Wildman–Crippen LogP) is 0.718. The molecule has 0 saturated carbocycles. The van der Waals surface area contributed by atoms with Gasteiger partial charge in [0.25, 0.3) is 5.56 Å². The number of nitrogens with zero attached hydrogens (tertiary/aromatic N) is 6. The highest BCUT2D eigenvalue weighted by molar-refractivity contribution is 5.88. The SMILES string of the molecule is O=c1cccnn1CC1CN(c2ncnc3cnccc23)C1. The van der Waals surface area contributed by atoms with Crippen LogP contribution in [-0.4, -0.2) is 37.8 Å². The second-order valence-corrected chi connectivity index (χ2v) is 5.41. The first-order valence-corrected chi connectivity index (χ1v) is 7.13. The molecule has 0 amide bonds. The molecule has 1 saturated heterocycles. The molecule has 0 bridgehead atoms. The zero-order valence-corrected chi connectivity index (χ0v) is 11.8. The molecule has 4 rings (SSSR count). The molecular formula is C15H14N6O. The second kappa shape index (κ2) is 5.18. The molecule has 3 aromatic rings. The van der Waals surface area contributed by atoms with E-state index in [9.17, 15) is 4.79 Å². The summed E-state index contributed by atoms with van der Waals surface area (Å²) < 4.78 is 1.52. The third-order valence-corrected chi connectivity index (χ3v) is 3.89. The van der Waals surface area contributed by atoms with Gasteiger partial charge in [-0.3, -0.25) is 9.78 Å². The van der Waals surface area contributed by atoms with Gasteiger partial charge in [0.15, 0.2) is 0 Å². The van der Waals surface area contributed by atoms with Crippen LogP contribution in [0.15, 0.2) is 47.9 Å². The largest absolute Gasteiger partial charge is 0.355 e. The Bertz CT molecular complexity index is 866. The molecule has 1 fully saturated rings. The minimum atomic E-state index is -0.0560. The predicted molar refractivity (Wildman–Crippen MR) is 81.5 cm³/mol. The highest BCUT2D eigenvalue weighted by Gasteiger charge is 2.29. The van der Waals surface area contributed by atoms with Crippen LogP contribution in [0.2, 0.25) is 0 Å². The first kappa shape index (κ1) is 12.9. The summed E-state index contributed by atoms with van der Waals surface area (Å²) in [7, 11) is 0. The average molecular weight is 294 g/mol. The third kappa shape index (κ3) is 2.20. The lowest BCUT2D eigenvalue weighted by molar-refractivity contribution is 0.333.